The molecule has 104 valence electrons. The van der Waals surface area contributed by atoms with Crippen molar-refractivity contribution >= 4 is 43.9 Å². The van der Waals surface area contributed by atoms with Gasteiger partial charge < -0.3 is 0 Å². The van der Waals surface area contributed by atoms with E-state index in [4.69, 9.17) is 11.6 Å². The fourth-order valence-electron chi connectivity index (χ4n) is 3.06. The number of alkyl halides is 3. The van der Waals surface area contributed by atoms with Gasteiger partial charge in [-0.25, -0.2) is 0 Å². The number of rotatable bonds is 0. The van der Waals surface area contributed by atoms with Gasteiger partial charge in [0.1, 0.15) is 0 Å². The third-order valence-electron chi connectivity index (χ3n) is 3.88. The van der Waals surface area contributed by atoms with E-state index >= 15 is 0 Å². The van der Waals surface area contributed by atoms with Gasteiger partial charge in [0.05, 0.1) is 10.6 Å². The van der Waals surface area contributed by atoms with Gasteiger partial charge in [-0.1, -0.05) is 54.1 Å². The molecular weight excluding hydrogens is 297 g/mol. The van der Waals surface area contributed by atoms with E-state index in [9.17, 15) is 13.2 Å². The molecule has 0 heterocycles. The van der Waals surface area contributed by atoms with Crippen LogP contribution in [-0.4, -0.2) is 0 Å². The van der Waals surface area contributed by atoms with Crippen molar-refractivity contribution in [3.05, 3.63) is 59.1 Å². The van der Waals surface area contributed by atoms with Crippen molar-refractivity contribution in [3.8, 4) is 0 Å². The van der Waals surface area contributed by atoms with Gasteiger partial charge in [0.2, 0.25) is 0 Å². The quantitative estimate of drug-likeness (QED) is 0.336. The Kier molecular flexibility index (Phi) is 2.43. The van der Waals surface area contributed by atoms with Crippen molar-refractivity contribution in [3.63, 3.8) is 0 Å². The summed E-state index contributed by atoms with van der Waals surface area (Å²) in [5, 5.41) is 3.98. The van der Waals surface area contributed by atoms with Crippen LogP contribution in [0.25, 0.3) is 32.3 Å². The Bertz CT molecular complexity index is 970. The molecule has 0 radical (unpaired) electrons. The maximum absolute atomic E-state index is 13.3. The van der Waals surface area contributed by atoms with Crippen molar-refractivity contribution in [2.45, 2.75) is 6.18 Å². The highest BCUT2D eigenvalue weighted by Crippen LogP contribution is 2.44. The summed E-state index contributed by atoms with van der Waals surface area (Å²) in [4.78, 5) is 0. The van der Waals surface area contributed by atoms with Crippen LogP contribution in [0.4, 0.5) is 13.2 Å². The van der Waals surface area contributed by atoms with Gasteiger partial charge >= 0.3 is 6.18 Å². The fourth-order valence-corrected chi connectivity index (χ4v) is 3.39. The maximum Gasteiger partial charge on any atom is 0.418 e. The average Bonchev–Trinajstić information content (AvgIpc) is 2.42. The van der Waals surface area contributed by atoms with E-state index in [0.717, 1.165) is 21.5 Å². The highest BCUT2D eigenvalue weighted by molar-refractivity contribution is 6.35. The smallest absolute Gasteiger partial charge is 0.166 e. The van der Waals surface area contributed by atoms with E-state index in [1.165, 1.54) is 12.1 Å². The number of hydrogen-bond acceptors (Lipinski definition) is 0. The van der Waals surface area contributed by atoms with E-state index in [-0.39, 0.29) is 10.4 Å². The second kappa shape index (κ2) is 4.01. The largest absolute Gasteiger partial charge is 0.418 e. The van der Waals surface area contributed by atoms with Crippen molar-refractivity contribution in [2.24, 2.45) is 0 Å². The number of benzene rings is 4. The van der Waals surface area contributed by atoms with Crippen LogP contribution in [0, 0.1) is 0 Å². The molecule has 0 spiro atoms. The fraction of sp³-hybridized carbons (Fsp3) is 0.0588. The summed E-state index contributed by atoms with van der Waals surface area (Å²) in [7, 11) is 0. The Labute approximate surface area is 123 Å². The molecule has 21 heavy (non-hydrogen) atoms. The molecule has 4 rings (SSSR count). The van der Waals surface area contributed by atoms with Gasteiger partial charge in [-0.3, -0.25) is 0 Å². The summed E-state index contributed by atoms with van der Waals surface area (Å²) >= 11 is 5.89. The summed E-state index contributed by atoms with van der Waals surface area (Å²) in [5.41, 5.74) is -0.755. The molecule has 4 aromatic rings. The van der Waals surface area contributed by atoms with Crippen LogP contribution in [0.3, 0.4) is 0 Å². The van der Waals surface area contributed by atoms with Crippen LogP contribution in [0.1, 0.15) is 5.56 Å². The highest BCUT2D eigenvalue weighted by atomic mass is 35.5. The lowest BCUT2D eigenvalue weighted by molar-refractivity contribution is -0.136. The molecule has 0 aliphatic rings. The van der Waals surface area contributed by atoms with E-state index < -0.39 is 11.7 Å². The standard InChI is InChI=1S/C17H8ClF3/c18-13-8-11-5-4-9-2-1-3-10-6-7-12(15(11)14(9)10)16(13)17(19,20)21/h1-8H. The first-order valence-electron chi connectivity index (χ1n) is 6.40. The second-order valence-corrected chi connectivity index (χ2v) is 5.49. The lowest BCUT2D eigenvalue weighted by Gasteiger charge is -2.17. The molecule has 4 heteroatoms. The van der Waals surface area contributed by atoms with Crippen LogP contribution in [-0.2, 0) is 6.18 Å². The van der Waals surface area contributed by atoms with Crippen molar-refractivity contribution in [1.82, 2.24) is 0 Å². The molecular formula is C17H8ClF3. The first kappa shape index (κ1) is 12.7. The summed E-state index contributed by atoms with van der Waals surface area (Å²) in [6.07, 6.45) is -4.47. The topological polar surface area (TPSA) is 0 Å². The maximum atomic E-state index is 13.3. The molecule has 0 unspecified atom stereocenters. The Morgan fingerprint density at radius 1 is 0.762 bits per heavy atom. The minimum atomic E-state index is -4.47. The third-order valence-corrected chi connectivity index (χ3v) is 4.18. The van der Waals surface area contributed by atoms with Crippen LogP contribution in [0.2, 0.25) is 5.02 Å². The monoisotopic (exact) mass is 304 g/mol. The second-order valence-electron chi connectivity index (χ2n) is 5.09. The summed E-state index contributed by atoms with van der Waals surface area (Å²) in [6.45, 7) is 0. The predicted octanol–water partition coefficient (Wildman–Crippen LogP) is 6.26. The molecule has 0 fully saturated rings. The highest BCUT2D eigenvalue weighted by Gasteiger charge is 2.35. The number of hydrogen-bond donors (Lipinski definition) is 0. The Hall–Kier alpha value is -2.00. The molecule has 0 aliphatic heterocycles. The molecule has 0 saturated heterocycles. The summed E-state index contributed by atoms with van der Waals surface area (Å²) in [5.74, 6) is 0. The predicted molar refractivity (Wildman–Crippen MR) is 80.2 cm³/mol. The third kappa shape index (κ3) is 1.70. The molecule has 4 aromatic carbocycles. The van der Waals surface area contributed by atoms with Crippen LogP contribution in [0.5, 0.6) is 0 Å². The van der Waals surface area contributed by atoms with Gasteiger partial charge in [0, 0.05) is 0 Å². The Morgan fingerprint density at radius 2 is 1.38 bits per heavy atom. The first-order chi connectivity index (χ1) is 9.97. The number of halogens is 4. The molecule has 0 N–H and O–H groups in total. The van der Waals surface area contributed by atoms with Gasteiger partial charge in [-0.05, 0) is 38.4 Å². The zero-order chi connectivity index (χ0) is 14.8. The van der Waals surface area contributed by atoms with E-state index in [1.54, 1.807) is 6.07 Å². The van der Waals surface area contributed by atoms with Crippen molar-refractivity contribution in [1.29, 1.82) is 0 Å². The Balaban J connectivity index is 2.35. The lowest BCUT2D eigenvalue weighted by atomic mass is 9.92. The van der Waals surface area contributed by atoms with Gasteiger partial charge in [0.25, 0.3) is 0 Å². The molecule has 0 bridgehead atoms. The van der Waals surface area contributed by atoms with Crippen molar-refractivity contribution < 1.29 is 13.2 Å². The van der Waals surface area contributed by atoms with Gasteiger partial charge in [0.15, 0.2) is 0 Å². The van der Waals surface area contributed by atoms with Crippen LogP contribution >= 0.6 is 11.6 Å². The van der Waals surface area contributed by atoms with Crippen LogP contribution < -0.4 is 0 Å². The van der Waals surface area contributed by atoms with Crippen LogP contribution in [0.15, 0.2) is 48.5 Å². The molecule has 0 atom stereocenters. The first-order valence-corrected chi connectivity index (χ1v) is 6.78. The van der Waals surface area contributed by atoms with Crippen molar-refractivity contribution in [2.75, 3.05) is 0 Å². The van der Waals surface area contributed by atoms with Gasteiger partial charge in [-0.2, -0.15) is 13.2 Å². The minimum absolute atomic E-state index is 0.161. The summed E-state index contributed by atoms with van der Waals surface area (Å²) < 4.78 is 40.0. The molecule has 0 aromatic heterocycles. The molecule has 0 nitrogen and oxygen atoms in total. The Morgan fingerprint density at radius 3 is 2.05 bits per heavy atom. The van der Waals surface area contributed by atoms with E-state index in [0.29, 0.717) is 5.39 Å². The normalized spacial score (nSPS) is 12.8. The molecule has 0 aliphatic carbocycles. The minimum Gasteiger partial charge on any atom is -0.166 e. The summed E-state index contributed by atoms with van der Waals surface area (Å²) in [6, 6.07) is 14.1. The van der Waals surface area contributed by atoms with E-state index in [1.807, 2.05) is 30.3 Å². The SMILES string of the molecule is FC(F)(F)c1c(Cl)cc2ccc3cccc4ccc1c2c34. The average molecular weight is 305 g/mol. The lowest BCUT2D eigenvalue weighted by Crippen LogP contribution is -2.07. The molecule has 0 amide bonds. The molecule has 0 saturated carbocycles. The zero-order valence-corrected chi connectivity index (χ0v) is 11.4. The van der Waals surface area contributed by atoms with E-state index in [2.05, 4.69) is 0 Å². The zero-order valence-electron chi connectivity index (χ0n) is 10.6. The van der Waals surface area contributed by atoms with Gasteiger partial charge in [-0.15, -0.1) is 0 Å².